The summed E-state index contributed by atoms with van der Waals surface area (Å²) < 4.78 is 31.6. The molecule has 0 aliphatic rings. The van der Waals surface area contributed by atoms with Gasteiger partial charge in [0.25, 0.3) is 0 Å². The smallest absolute Gasteiger partial charge is 0.239 e. The van der Waals surface area contributed by atoms with Crippen molar-refractivity contribution in [2.24, 2.45) is 0 Å². The molecule has 20 heavy (non-hydrogen) atoms. The first-order chi connectivity index (χ1) is 9.58. The van der Waals surface area contributed by atoms with Crippen LogP contribution in [0.15, 0.2) is 6.07 Å². The van der Waals surface area contributed by atoms with Gasteiger partial charge < -0.3 is 20.7 Å². The molecule has 0 aliphatic heterocycles. The van der Waals surface area contributed by atoms with Crippen molar-refractivity contribution in [3.05, 3.63) is 17.7 Å². The number of methoxy groups -OCH3 is 1. The average Bonchev–Trinajstić information content (AvgIpc) is 2.41. The Morgan fingerprint density at radius 3 is 2.55 bits per heavy atom. The van der Waals surface area contributed by atoms with E-state index < -0.39 is 11.6 Å². The van der Waals surface area contributed by atoms with Gasteiger partial charge in [-0.3, -0.25) is 4.79 Å². The summed E-state index contributed by atoms with van der Waals surface area (Å²) in [6, 6.07) is 0.718. The highest BCUT2D eigenvalue weighted by molar-refractivity contribution is 5.80. The van der Waals surface area contributed by atoms with E-state index in [1.54, 1.807) is 6.92 Å². The first-order valence-corrected chi connectivity index (χ1v) is 6.17. The largest absolute Gasteiger partial charge is 0.383 e. The van der Waals surface area contributed by atoms with E-state index in [1.807, 2.05) is 0 Å². The summed E-state index contributed by atoms with van der Waals surface area (Å²) in [5.41, 5.74) is 0. The van der Waals surface area contributed by atoms with Crippen molar-refractivity contribution in [1.29, 1.82) is 0 Å². The molecule has 0 atom stereocenters. The number of nitrogens with one attached hydrogen (secondary N) is 3. The second kappa shape index (κ2) is 8.26. The Labute approximate surface area is 115 Å². The second-order valence-electron chi connectivity index (χ2n) is 3.88. The van der Waals surface area contributed by atoms with Gasteiger partial charge in [0.05, 0.1) is 13.2 Å². The van der Waals surface area contributed by atoms with Crippen molar-refractivity contribution < 1.29 is 18.3 Å². The Balaban J connectivity index is 2.58. The van der Waals surface area contributed by atoms with E-state index in [9.17, 15) is 13.6 Å². The van der Waals surface area contributed by atoms with Crippen LogP contribution in [-0.4, -0.2) is 44.2 Å². The third kappa shape index (κ3) is 4.96. The Kier molecular flexibility index (Phi) is 6.65. The maximum Gasteiger partial charge on any atom is 0.239 e. The lowest BCUT2D eigenvalue weighted by Gasteiger charge is -2.10. The summed E-state index contributed by atoms with van der Waals surface area (Å²) in [7, 11) is 1.52. The van der Waals surface area contributed by atoms with Crippen molar-refractivity contribution in [2.45, 2.75) is 6.92 Å². The van der Waals surface area contributed by atoms with Gasteiger partial charge in [0, 0.05) is 26.3 Å². The molecule has 0 aliphatic carbocycles. The van der Waals surface area contributed by atoms with Gasteiger partial charge in [0.1, 0.15) is 0 Å². The quantitative estimate of drug-likeness (QED) is 0.621. The standard InChI is InChI=1S/C12H18F2N4O2/c1-3-15-11-8(13)6-9(14)12(18-11)17-7-10(19)16-4-5-20-2/h6H,3-5,7H2,1-2H3,(H,16,19)(H2,15,17,18). The number of rotatable bonds is 8. The summed E-state index contributed by atoms with van der Waals surface area (Å²) in [5, 5.41) is 7.74. The Hall–Kier alpha value is -1.96. The second-order valence-corrected chi connectivity index (χ2v) is 3.88. The number of ether oxygens (including phenoxy) is 1. The Morgan fingerprint density at radius 2 is 1.95 bits per heavy atom. The minimum Gasteiger partial charge on any atom is -0.383 e. The lowest BCUT2D eigenvalue weighted by molar-refractivity contribution is -0.119. The minimum atomic E-state index is -0.853. The van der Waals surface area contributed by atoms with Gasteiger partial charge in [-0.2, -0.15) is 0 Å². The van der Waals surface area contributed by atoms with E-state index in [-0.39, 0.29) is 24.1 Å². The molecular weight excluding hydrogens is 270 g/mol. The normalized spacial score (nSPS) is 10.2. The number of carbonyl (C=O) groups excluding carboxylic acids is 1. The maximum absolute atomic E-state index is 13.5. The SMILES string of the molecule is CCNc1nc(NCC(=O)NCCOC)c(F)cc1F. The molecule has 0 aromatic carbocycles. The van der Waals surface area contributed by atoms with E-state index in [0.29, 0.717) is 19.7 Å². The lowest BCUT2D eigenvalue weighted by atomic mass is 10.4. The monoisotopic (exact) mass is 288 g/mol. The third-order valence-electron chi connectivity index (χ3n) is 2.32. The summed E-state index contributed by atoms with van der Waals surface area (Å²) in [4.78, 5) is 15.2. The van der Waals surface area contributed by atoms with Crippen LogP contribution in [0.4, 0.5) is 20.4 Å². The first-order valence-electron chi connectivity index (χ1n) is 6.17. The molecule has 1 heterocycles. The molecule has 0 spiro atoms. The summed E-state index contributed by atoms with van der Waals surface area (Å²) >= 11 is 0. The number of halogens is 2. The fourth-order valence-electron chi connectivity index (χ4n) is 1.40. The number of nitrogens with zero attached hydrogens (tertiary/aromatic N) is 1. The summed E-state index contributed by atoms with van der Waals surface area (Å²) in [5.74, 6) is -2.20. The molecule has 0 bridgehead atoms. The Bertz CT molecular complexity index is 457. The molecule has 6 nitrogen and oxygen atoms in total. The minimum absolute atomic E-state index is 0.0591. The van der Waals surface area contributed by atoms with Crippen LogP contribution < -0.4 is 16.0 Å². The molecule has 0 unspecified atom stereocenters. The molecule has 0 fully saturated rings. The van der Waals surface area contributed by atoms with Gasteiger partial charge in [0.2, 0.25) is 5.91 Å². The van der Waals surface area contributed by atoms with E-state index in [0.717, 1.165) is 6.07 Å². The highest BCUT2D eigenvalue weighted by atomic mass is 19.1. The summed E-state index contributed by atoms with van der Waals surface area (Å²) in [6.45, 7) is 2.80. The van der Waals surface area contributed by atoms with Crippen LogP contribution in [0.25, 0.3) is 0 Å². The zero-order valence-corrected chi connectivity index (χ0v) is 11.4. The van der Waals surface area contributed by atoms with Crippen LogP contribution in [0.3, 0.4) is 0 Å². The molecule has 112 valence electrons. The molecule has 8 heteroatoms. The number of carbonyl (C=O) groups is 1. The van der Waals surface area contributed by atoms with E-state index in [4.69, 9.17) is 4.74 Å². The van der Waals surface area contributed by atoms with Gasteiger partial charge in [-0.25, -0.2) is 13.8 Å². The van der Waals surface area contributed by atoms with Crippen LogP contribution in [0.2, 0.25) is 0 Å². The van der Waals surface area contributed by atoms with Crippen molar-refractivity contribution >= 4 is 17.5 Å². The van der Waals surface area contributed by atoms with Gasteiger partial charge in [0.15, 0.2) is 23.3 Å². The van der Waals surface area contributed by atoms with Gasteiger partial charge in [-0.15, -0.1) is 0 Å². The molecule has 1 aromatic rings. The maximum atomic E-state index is 13.5. The van der Waals surface area contributed by atoms with Gasteiger partial charge in [-0.05, 0) is 6.92 Å². The highest BCUT2D eigenvalue weighted by Gasteiger charge is 2.12. The van der Waals surface area contributed by atoms with Crippen LogP contribution in [-0.2, 0) is 9.53 Å². The van der Waals surface area contributed by atoms with Crippen molar-refractivity contribution in [3.8, 4) is 0 Å². The number of hydrogen-bond donors (Lipinski definition) is 3. The number of hydrogen-bond acceptors (Lipinski definition) is 5. The Morgan fingerprint density at radius 1 is 1.30 bits per heavy atom. The van der Waals surface area contributed by atoms with Crippen molar-refractivity contribution in [1.82, 2.24) is 10.3 Å². The fraction of sp³-hybridized carbons (Fsp3) is 0.500. The molecular formula is C12H18F2N4O2. The number of aromatic nitrogens is 1. The molecule has 0 saturated carbocycles. The predicted molar refractivity (Wildman–Crippen MR) is 71.7 cm³/mol. The highest BCUT2D eigenvalue weighted by Crippen LogP contribution is 2.18. The molecule has 1 rings (SSSR count). The van der Waals surface area contributed by atoms with Gasteiger partial charge in [-0.1, -0.05) is 0 Å². The van der Waals surface area contributed by atoms with Crippen molar-refractivity contribution in [2.75, 3.05) is 44.0 Å². The number of pyridine rings is 1. The van der Waals surface area contributed by atoms with Crippen LogP contribution in [0.1, 0.15) is 6.92 Å². The zero-order valence-electron chi connectivity index (χ0n) is 11.4. The van der Waals surface area contributed by atoms with E-state index in [1.165, 1.54) is 7.11 Å². The molecule has 3 N–H and O–H groups in total. The number of anilines is 2. The van der Waals surface area contributed by atoms with Crippen molar-refractivity contribution in [3.63, 3.8) is 0 Å². The molecule has 1 amide bonds. The molecule has 1 aromatic heterocycles. The fourth-order valence-corrected chi connectivity index (χ4v) is 1.40. The van der Waals surface area contributed by atoms with E-state index >= 15 is 0 Å². The van der Waals surface area contributed by atoms with Crippen LogP contribution >= 0.6 is 0 Å². The molecule has 0 saturated heterocycles. The van der Waals surface area contributed by atoms with Crippen LogP contribution in [0, 0.1) is 11.6 Å². The topological polar surface area (TPSA) is 75.3 Å². The predicted octanol–water partition coefficient (Wildman–Crippen LogP) is 0.966. The third-order valence-corrected chi connectivity index (χ3v) is 2.32. The molecule has 0 radical (unpaired) electrons. The van der Waals surface area contributed by atoms with Crippen LogP contribution in [0.5, 0.6) is 0 Å². The zero-order chi connectivity index (χ0) is 15.0. The van der Waals surface area contributed by atoms with E-state index in [2.05, 4.69) is 20.9 Å². The van der Waals surface area contributed by atoms with Gasteiger partial charge >= 0.3 is 0 Å². The lowest BCUT2D eigenvalue weighted by Crippen LogP contribution is -2.32. The average molecular weight is 288 g/mol. The summed E-state index contributed by atoms with van der Waals surface area (Å²) in [6.07, 6.45) is 0. The first kappa shape index (κ1) is 16.1. The number of amides is 1.